The summed E-state index contributed by atoms with van der Waals surface area (Å²) in [4.78, 5) is 2.59. The summed E-state index contributed by atoms with van der Waals surface area (Å²) in [5, 5.41) is 10.0. The molecule has 2 aliphatic heterocycles. The standard InChI is InChI=1S/C19H29NO3/c21-16-19(10-14-23-18-5-2-1-3-6-18)9-4-11-20(15-19)17-7-12-22-13-8-17/h1-3,5-6,17,21H,4,7-16H2. The van der Waals surface area contributed by atoms with Crippen LogP contribution in [0, 0.1) is 5.41 Å². The summed E-state index contributed by atoms with van der Waals surface area (Å²) in [5.74, 6) is 0.915. The molecule has 23 heavy (non-hydrogen) atoms. The van der Waals surface area contributed by atoms with Gasteiger partial charge in [-0.1, -0.05) is 18.2 Å². The summed E-state index contributed by atoms with van der Waals surface area (Å²) in [7, 11) is 0. The summed E-state index contributed by atoms with van der Waals surface area (Å²) >= 11 is 0. The second-order valence-electron chi connectivity index (χ2n) is 6.99. The highest BCUT2D eigenvalue weighted by molar-refractivity contribution is 5.20. The van der Waals surface area contributed by atoms with Gasteiger partial charge in [-0.25, -0.2) is 0 Å². The number of aliphatic hydroxyl groups is 1. The molecular weight excluding hydrogens is 290 g/mol. The second kappa shape index (κ2) is 8.13. The fraction of sp³-hybridized carbons (Fsp3) is 0.684. The van der Waals surface area contributed by atoms with Crippen molar-refractivity contribution in [2.45, 2.75) is 38.1 Å². The Morgan fingerprint density at radius 2 is 2.00 bits per heavy atom. The summed E-state index contributed by atoms with van der Waals surface area (Å²) in [6, 6.07) is 10.6. The Hall–Kier alpha value is -1.10. The third-order valence-electron chi connectivity index (χ3n) is 5.38. The first-order valence-corrected chi connectivity index (χ1v) is 8.92. The van der Waals surface area contributed by atoms with Crippen molar-refractivity contribution in [3.63, 3.8) is 0 Å². The molecule has 2 aliphatic rings. The van der Waals surface area contributed by atoms with E-state index in [4.69, 9.17) is 9.47 Å². The number of rotatable bonds is 6. The molecule has 2 heterocycles. The zero-order valence-corrected chi connectivity index (χ0v) is 14.0. The number of benzene rings is 1. The van der Waals surface area contributed by atoms with Gasteiger partial charge in [-0.05, 0) is 50.8 Å². The Kier molecular flexibility index (Phi) is 5.92. The molecule has 1 unspecified atom stereocenters. The molecule has 0 aromatic heterocycles. The topological polar surface area (TPSA) is 41.9 Å². The third kappa shape index (κ3) is 4.46. The van der Waals surface area contributed by atoms with Crippen LogP contribution in [0.1, 0.15) is 32.1 Å². The number of para-hydroxylation sites is 1. The van der Waals surface area contributed by atoms with E-state index in [9.17, 15) is 5.11 Å². The van der Waals surface area contributed by atoms with Crippen LogP contribution < -0.4 is 4.74 Å². The minimum atomic E-state index is -0.00860. The minimum absolute atomic E-state index is 0.00860. The maximum atomic E-state index is 10.0. The number of hydrogen-bond acceptors (Lipinski definition) is 4. The number of likely N-dealkylation sites (tertiary alicyclic amines) is 1. The largest absolute Gasteiger partial charge is 0.494 e. The van der Waals surface area contributed by atoms with E-state index in [1.54, 1.807) is 0 Å². The van der Waals surface area contributed by atoms with Gasteiger partial charge in [0.15, 0.2) is 0 Å². The van der Waals surface area contributed by atoms with Crippen LogP contribution in [0.25, 0.3) is 0 Å². The average Bonchev–Trinajstić information content (AvgIpc) is 2.63. The van der Waals surface area contributed by atoms with Gasteiger partial charge >= 0.3 is 0 Å². The predicted octanol–water partition coefficient (Wildman–Crippen LogP) is 2.71. The van der Waals surface area contributed by atoms with Gasteiger partial charge in [-0.3, -0.25) is 4.90 Å². The van der Waals surface area contributed by atoms with Crippen LogP contribution in [0.3, 0.4) is 0 Å². The molecule has 0 saturated carbocycles. The van der Waals surface area contributed by atoms with Crippen molar-refractivity contribution >= 4 is 0 Å². The molecule has 3 rings (SSSR count). The van der Waals surface area contributed by atoms with Gasteiger partial charge in [0.25, 0.3) is 0 Å². The highest BCUT2D eigenvalue weighted by Gasteiger charge is 2.37. The lowest BCUT2D eigenvalue weighted by atomic mass is 9.77. The Labute approximate surface area is 139 Å². The van der Waals surface area contributed by atoms with Gasteiger partial charge in [-0.2, -0.15) is 0 Å². The zero-order valence-electron chi connectivity index (χ0n) is 14.0. The van der Waals surface area contributed by atoms with Gasteiger partial charge in [0.05, 0.1) is 13.2 Å². The predicted molar refractivity (Wildman–Crippen MR) is 90.7 cm³/mol. The number of nitrogens with zero attached hydrogens (tertiary/aromatic N) is 1. The maximum Gasteiger partial charge on any atom is 0.119 e. The summed E-state index contributed by atoms with van der Waals surface area (Å²) in [6.45, 7) is 4.84. The lowest BCUT2D eigenvalue weighted by molar-refractivity contribution is -0.0303. The molecular formula is C19H29NO3. The number of hydrogen-bond donors (Lipinski definition) is 1. The normalized spacial score (nSPS) is 27.0. The van der Waals surface area contributed by atoms with Crippen LogP contribution in [0.4, 0.5) is 0 Å². The quantitative estimate of drug-likeness (QED) is 0.875. The highest BCUT2D eigenvalue weighted by atomic mass is 16.5. The number of aliphatic hydroxyl groups excluding tert-OH is 1. The Morgan fingerprint density at radius 3 is 2.74 bits per heavy atom. The van der Waals surface area contributed by atoms with E-state index in [0.29, 0.717) is 12.6 Å². The third-order valence-corrected chi connectivity index (χ3v) is 5.38. The van der Waals surface area contributed by atoms with Crippen molar-refractivity contribution in [1.29, 1.82) is 0 Å². The van der Waals surface area contributed by atoms with E-state index in [1.807, 2.05) is 30.3 Å². The Bertz CT molecular complexity index is 461. The summed E-state index contributed by atoms with van der Waals surface area (Å²) < 4.78 is 11.4. The van der Waals surface area contributed by atoms with Crippen LogP contribution in [-0.4, -0.2) is 55.6 Å². The van der Waals surface area contributed by atoms with Gasteiger partial charge in [0, 0.05) is 31.2 Å². The smallest absolute Gasteiger partial charge is 0.119 e. The summed E-state index contributed by atoms with van der Waals surface area (Å²) in [6.07, 6.45) is 5.44. The van der Waals surface area contributed by atoms with Crippen molar-refractivity contribution in [2.24, 2.45) is 5.41 Å². The van der Waals surface area contributed by atoms with Crippen molar-refractivity contribution < 1.29 is 14.6 Å². The molecule has 1 aromatic carbocycles. The molecule has 0 aliphatic carbocycles. The molecule has 1 atom stereocenters. The molecule has 4 nitrogen and oxygen atoms in total. The van der Waals surface area contributed by atoms with Crippen molar-refractivity contribution in [3.8, 4) is 5.75 Å². The minimum Gasteiger partial charge on any atom is -0.494 e. The van der Waals surface area contributed by atoms with E-state index in [0.717, 1.165) is 57.7 Å². The van der Waals surface area contributed by atoms with Crippen molar-refractivity contribution in [2.75, 3.05) is 39.5 Å². The van der Waals surface area contributed by atoms with Crippen LogP contribution in [0.2, 0.25) is 0 Å². The monoisotopic (exact) mass is 319 g/mol. The molecule has 0 amide bonds. The van der Waals surface area contributed by atoms with Gasteiger partial charge in [-0.15, -0.1) is 0 Å². The average molecular weight is 319 g/mol. The highest BCUT2D eigenvalue weighted by Crippen LogP contribution is 2.35. The van der Waals surface area contributed by atoms with E-state index >= 15 is 0 Å². The van der Waals surface area contributed by atoms with Crippen LogP contribution in [0.5, 0.6) is 5.75 Å². The fourth-order valence-electron chi connectivity index (χ4n) is 3.92. The van der Waals surface area contributed by atoms with E-state index in [-0.39, 0.29) is 12.0 Å². The van der Waals surface area contributed by atoms with Crippen molar-refractivity contribution in [3.05, 3.63) is 30.3 Å². The lowest BCUT2D eigenvalue weighted by Gasteiger charge is -2.46. The molecule has 0 spiro atoms. The van der Waals surface area contributed by atoms with Gasteiger partial charge in [0.2, 0.25) is 0 Å². The molecule has 0 radical (unpaired) electrons. The molecule has 2 saturated heterocycles. The maximum absolute atomic E-state index is 10.0. The Balaban J connectivity index is 1.54. The van der Waals surface area contributed by atoms with E-state index in [2.05, 4.69) is 4.90 Å². The van der Waals surface area contributed by atoms with Crippen LogP contribution >= 0.6 is 0 Å². The molecule has 1 N–H and O–H groups in total. The van der Waals surface area contributed by atoms with Crippen LogP contribution in [0.15, 0.2) is 30.3 Å². The Morgan fingerprint density at radius 1 is 1.22 bits per heavy atom. The molecule has 0 bridgehead atoms. The molecule has 2 fully saturated rings. The number of ether oxygens (including phenoxy) is 2. The SMILES string of the molecule is OCC1(CCOc2ccccc2)CCCN(C2CCOCC2)C1. The first-order valence-electron chi connectivity index (χ1n) is 8.92. The lowest BCUT2D eigenvalue weighted by Crippen LogP contribution is -2.51. The zero-order chi connectivity index (χ0) is 16.0. The molecule has 4 heteroatoms. The van der Waals surface area contributed by atoms with E-state index < -0.39 is 0 Å². The fourth-order valence-corrected chi connectivity index (χ4v) is 3.92. The molecule has 1 aromatic rings. The first-order chi connectivity index (χ1) is 11.3. The van der Waals surface area contributed by atoms with E-state index in [1.165, 1.54) is 6.42 Å². The molecule has 128 valence electrons. The van der Waals surface area contributed by atoms with Crippen LogP contribution in [-0.2, 0) is 4.74 Å². The number of piperidine rings is 1. The second-order valence-corrected chi connectivity index (χ2v) is 6.99. The van der Waals surface area contributed by atoms with Crippen molar-refractivity contribution in [1.82, 2.24) is 4.90 Å². The summed E-state index contributed by atoms with van der Waals surface area (Å²) in [5.41, 5.74) is -0.00860. The van der Waals surface area contributed by atoms with Gasteiger partial charge in [0.1, 0.15) is 5.75 Å². The van der Waals surface area contributed by atoms with Gasteiger partial charge < -0.3 is 14.6 Å². The first kappa shape index (κ1) is 16.7.